The predicted molar refractivity (Wildman–Crippen MR) is 149 cm³/mol. The molecular formula is C29H31BBrN3. The molecule has 1 heterocycles. The Labute approximate surface area is 212 Å². The Bertz CT molecular complexity index is 1220. The zero-order chi connectivity index (χ0) is 24.7. The van der Waals surface area contributed by atoms with Crippen molar-refractivity contribution < 1.29 is 0 Å². The lowest BCUT2D eigenvalue weighted by Gasteiger charge is -2.19. The molecule has 0 aliphatic rings. The lowest BCUT2D eigenvalue weighted by atomic mass is 9.86. The Morgan fingerprint density at radius 3 is 1.29 bits per heavy atom. The van der Waals surface area contributed by atoms with Crippen molar-refractivity contribution in [1.29, 1.82) is 0 Å². The van der Waals surface area contributed by atoms with Gasteiger partial charge in [-0.1, -0.05) is 124 Å². The summed E-state index contributed by atoms with van der Waals surface area (Å²) in [6.07, 6.45) is 0. The van der Waals surface area contributed by atoms with E-state index in [1.54, 1.807) is 0 Å². The highest BCUT2D eigenvalue weighted by Crippen LogP contribution is 2.29. The van der Waals surface area contributed by atoms with Gasteiger partial charge in [-0.25, -0.2) is 15.0 Å². The molecule has 1 aromatic heterocycles. The number of rotatable bonds is 3. The number of nitrogens with zero attached hydrogens (tertiary/aromatic N) is 3. The number of halogens is 1. The third-order valence-corrected chi connectivity index (χ3v) is 6.41. The second-order valence-corrected chi connectivity index (χ2v) is 11.9. The fourth-order valence-electron chi connectivity index (χ4n) is 3.87. The van der Waals surface area contributed by atoms with Crippen molar-refractivity contribution in [3.8, 4) is 34.2 Å². The summed E-state index contributed by atoms with van der Waals surface area (Å²) >= 11 is 3.62. The summed E-state index contributed by atoms with van der Waals surface area (Å²) in [4.78, 5) is 14.7. The fourth-order valence-corrected chi connectivity index (χ4v) is 4.47. The molecule has 0 N–H and O–H groups in total. The third-order valence-electron chi connectivity index (χ3n) is 5.95. The molecule has 0 atom stereocenters. The first kappa shape index (κ1) is 24.3. The molecule has 0 bridgehead atoms. The second kappa shape index (κ2) is 9.11. The van der Waals surface area contributed by atoms with Gasteiger partial charge in [-0.2, -0.15) is 0 Å². The fraction of sp³-hybridized carbons (Fsp3) is 0.276. The smallest absolute Gasteiger partial charge is 0.164 e. The minimum Gasteiger partial charge on any atom is -0.208 e. The molecule has 0 aliphatic carbocycles. The molecule has 0 amide bonds. The molecule has 5 heteroatoms. The van der Waals surface area contributed by atoms with Gasteiger partial charge in [0.15, 0.2) is 17.5 Å². The zero-order valence-electron chi connectivity index (χ0n) is 21.1. The summed E-state index contributed by atoms with van der Waals surface area (Å²) in [5.74, 6) is 2.03. The molecule has 0 aliphatic heterocycles. The summed E-state index contributed by atoms with van der Waals surface area (Å²) in [5.41, 5.74) is 6.84. The average molecular weight is 512 g/mol. The van der Waals surface area contributed by atoms with Crippen molar-refractivity contribution in [1.82, 2.24) is 15.0 Å². The van der Waals surface area contributed by atoms with Crippen molar-refractivity contribution in [3.63, 3.8) is 0 Å². The largest absolute Gasteiger partial charge is 0.208 e. The van der Waals surface area contributed by atoms with Crippen LogP contribution in [-0.2, 0) is 10.8 Å². The first-order valence-electron chi connectivity index (χ1n) is 11.7. The van der Waals surface area contributed by atoms with Crippen LogP contribution in [0.2, 0.25) is 0 Å². The third kappa shape index (κ3) is 5.47. The number of benzene rings is 3. The van der Waals surface area contributed by atoms with E-state index in [0.29, 0.717) is 17.5 Å². The van der Waals surface area contributed by atoms with Crippen LogP contribution < -0.4 is 5.46 Å². The molecule has 0 saturated heterocycles. The van der Waals surface area contributed by atoms with E-state index < -0.39 is 0 Å². The predicted octanol–water partition coefficient (Wildman–Crippen LogP) is 6.49. The van der Waals surface area contributed by atoms with E-state index in [1.807, 2.05) is 0 Å². The van der Waals surface area contributed by atoms with Crippen LogP contribution in [0.15, 0.2) is 71.2 Å². The van der Waals surface area contributed by atoms with Crippen LogP contribution in [0, 0.1) is 0 Å². The highest BCUT2D eigenvalue weighted by molar-refractivity contribution is 9.10. The van der Waals surface area contributed by atoms with Gasteiger partial charge in [-0.3, -0.25) is 0 Å². The maximum Gasteiger partial charge on any atom is 0.164 e. The molecule has 3 aromatic carbocycles. The molecule has 4 aromatic rings. The van der Waals surface area contributed by atoms with Crippen LogP contribution >= 0.6 is 15.9 Å². The zero-order valence-corrected chi connectivity index (χ0v) is 22.7. The Morgan fingerprint density at radius 1 is 0.559 bits per heavy atom. The molecule has 0 unspecified atom stereocenters. The Morgan fingerprint density at radius 2 is 0.941 bits per heavy atom. The first-order valence-corrected chi connectivity index (χ1v) is 12.4. The lowest BCUT2D eigenvalue weighted by Crippen LogP contribution is -2.11. The Balaban J connectivity index is 1.86. The summed E-state index contributed by atoms with van der Waals surface area (Å²) in [6.45, 7) is 13.3. The molecule has 172 valence electrons. The van der Waals surface area contributed by atoms with Crippen LogP contribution in [0.1, 0.15) is 52.7 Å². The molecule has 0 saturated carbocycles. The summed E-state index contributed by atoms with van der Waals surface area (Å²) < 4.78 is 1.01. The van der Waals surface area contributed by atoms with E-state index in [1.165, 1.54) is 11.1 Å². The minimum atomic E-state index is 0.0938. The van der Waals surface area contributed by atoms with Crippen LogP contribution in [0.4, 0.5) is 0 Å². The summed E-state index contributed by atoms with van der Waals surface area (Å²) in [7, 11) is 2.08. The minimum absolute atomic E-state index is 0.0938. The monoisotopic (exact) mass is 511 g/mol. The molecular weight excluding hydrogens is 481 g/mol. The Hall–Kier alpha value is -2.79. The van der Waals surface area contributed by atoms with Crippen molar-refractivity contribution in [2.75, 3.05) is 0 Å². The van der Waals surface area contributed by atoms with E-state index in [-0.39, 0.29) is 10.8 Å². The van der Waals surface area contributed by atoms with E-state index in [9.17, 15) is 0 Å². The van der Waals surface area contributed by atoms with Gasteiger partial charge in [0.25, 0.3) is 0 Å². The summed E-state index contributed by atoms with van der Waals surface area (Å²) in [5, 5.41) is 0. The second-order valence-electron chi connectivity index (χ2n) is 11.0. The normalized spacial score (nSPS) is 12.1. The molecule has 34 heavy (non-hydrogen) atoms. The van der Waals surface area contributed by atoms with Crippen LogP contribution in [-0.4, -0.2) is 22.8 Å². The van der Waals surface area contributed by atoms with Gasteiger partial charge in [0.1, 0.15) is 7.85 Å². The first-order chi connectivity index (χ1) is 15.9. The van der Waals surface area contributed by atoms with Gasteiger partial charge in [0.2, 0.25) is 0 Å². The van der Waals surface area contributed by atoms with Gasteiger partial charge < -0.3 is 0 Å². The van der Waals surface area contributed by atoms with Gasteiger partial charge >= 0.3 is 0 Å². The number of aromatic nitrogens is 3. The maximum atomic E-state index is 4.89. The van der Waals surface area contributed by atoms with E-state index in [2.05, 4.69) is 132 Å². The average Bonchev–Trinajstić information content (AvgIpc) is 2.77. The van der Waals surface area contributed by atoms with E-state index in [4.69, 9.17) is 15.0 Å². The highest BCUT2D eigenvalue weighted by atomic mass is 79.9. The van der Waals surface area contributed by atoms with Crippen molar-refractivity contribution in [2.24, 2.45) is 0 Å². The number of hydrogen-bond acceptors (Lipinski definition) is 3. The van der Waals surface area contributed by atoms with Crippen LogP contribution in [0.3, 0.4) is 0 Å². The summed E-state index contributed by atoms with van der Waals surface area (Å²) in [6, 6.07) is 23.4. The van der Waals surface area contributed by atoms with Gasteiger partial charge in [0.05, 0.1) is 0 Å². The lowest BCUT2D eigenvalue weighted by molar-refractivity contribution is 0.590. The van der Waals surface area contributed by atoms with Gasteiger partial charge in [0, 0.05) is 21.2 Å². The van der Waals surface area contributed by atoms with Crippen molar-refractivity contribution >= 4 is 29.2 Å². The van der Waals surface area contributed by atoms with Gasteiger partial charge in [-0.05, 0) is 28.0 Å². The van der Waals surface area contributed by atoms with E-state index >= 15 is 0 Å². The highest BCUT2D eigenvalue weighted by Gasteiger charge is 2.17. The van der Waals surface area contributed by atoms with Crippen LogP contribution in [0.5, 0.6) is 0 Å². The van der Waals surface area contributed by atoms with Crippen molar-refractivity contribution in [2.45, 2.75) is 52.4 Å². The quantitative estimate of drug-likeness (QED) is 0.295. The molecule has 0 spiro atoms. The molecule has 0 radical (unpaired) electrons. The van der Waals surface area contributed by atoms with Gasteiger partial charge in [-0.15, -0.1) is 0 Å². The number of hydrogen-bond donors (Lipinski definition) is 0. The Kier molecular flexibility index (Phi) is 6.52. The van der Waals surface area contributed by atoms with Crippen molar-refractivity contribution in [3.05, 3.63) is 82.3 Å². The molecule has 4 rings (SSSR count). The van der Waals surface area contributed by atoms with Crippen LogP contribution in [0.25, 0.3) is 34.2 Å². The van der Waals surface area contributed by atoms with E-state index in [0.717, 1.165) is 26.6 Å². The molecule has 0 fully saturated rings. The SMILES string of the molecule is Bc1cc(Br)cc(-c2nc(-c3ccc(C(C)(C)C)cc3)nc(-c3ccc(C(C)(C)C)cc3)n2)c1. The topological polar surface area (TPSA) is 38.7 Å². The molecule has 3 nitrogen and oxygen atoms in total. The standard InChI is InChI=1S/C29H31BBrN3/c1-28(2,3)21-11-7-18(8-12-21)25-32-26(19-9-13-22(14-10-19)29(4,5)6)34-27(33-25)20-15-23(30)17-24(31)16-20/h7-17H,30H2,1-6H3. The maximum absolute atomic E-state index is 4.89.